The van der Waals surface area contributed by atoms with Gasteiger partial charge < -0.3 is 15.0 Å². The van der Waals surface area contributed by atoms with Crippen LogP contribution in [0.4, 0.5) is 10.1 Å². The minimum absolute atomic E-state index is 0.0109. The van der Waals surface area contributed by atoms with Gasteiger partial charge in [-0.3, -0.25) is 14.5 Å². The SMILES string of the molecule is Cc1ccc(N2CC(C(=O)NCC3(N4CCOCC4)CCCCC3)CC2=O)c(F)c1. The third-order valence-electron chi connectivity index (χ3n) is 6.95. The topological polar surface area (TPSA) is 61.9 Å². The van der Waals surface area contributed by atoms with Crippen molar-refractivity contribution in [2.45, 2.75) is 51.0 Å². The number of carbonyl (C=O) groups excluding carboxylic acids is 2. The molecule has 7 heteroatoms. The molecule has 3 fully saturated rings. The van der Waals surface area contributed by atoms with Crippen LogP contribution in [0.15, 0.2) is 18.2 Å². The Hall–Kier alpha value is -1.99. The van der Waals surface area contributed by atoms with E-state index in [0.717, 1.165) is 44.7 Å². The maximum atomic E-state index is 14.3. The Morgan fingerprint density at radius 3 is 2.67 bits per heavy atom. The van der Waals surface area contributed by atoms with E-state index in [-0.39, 0.29) is 36.0 Å². The summed E-state index contributed by atoms with van der Waals surface area (Å²) in [5.74, 6) is -1.16. The fourth-order valence-corrected chi connectivity index (χ4v) is 5.20. The maximum absolute atomic E-state index is 14.3. The Labute approximate surface area is 177 Å². The van der Waals surface area contributed by atoms with E-state index in [1.165, 1.54) is 30.2 Å². The predicted molar refractivity (Wildman–Crippen MR) is 113 cm³/mol. The average molecular weight is 418 g/mol. The summed E-state index contributed by atoms with van der Waals surface area (Å²) >= 11 is 0. The van der Waals surface area contributed by atoms with Gasteiger partial charge >= 0.3 is 0 Å². The van der Waals surface area contributed by atoms with Gasteiger partial charge in [0.25, 0.3) is 0 Å². The third kappa shape index (κ3) is 4.37. The standard InChI is InChI=1S/C23H32FN3O3/c1-17-5-6-20(19(24)13-17)27-15-18(14-21(27)28)22(29)25-16-23(7-3-2-4-8-23)26-9-11-30-12-10-26/h5-6,13,18H,2-4,7-12,14-16H2,1H3,(H,25,29). The van der Waals surface area contributed by atoms with Crippen molar-refractivity contribution in [2.24, 2.45) is 5.92 Å². The molecule has 0 aromatic heterocycles. The molecule has 2 saturated heterocycles. The zero-order valence-corrected chi connectivity index (χ0v) is 17.8. The van der Waals surface area contributed by atoms with Gasteiger partial charge in [0.1, 0.15) is 5.82 Å². The van der Waals surface area contributed by atoms with Crippen molar-refractivity contribution < 1.29 is 18.7 Å². The average Bonchev–Trinajstić information content (AvgIpc) is 3.15. The van der Waals surface area contributed by atoms with Crippen LogP contribution in [0.5, 0.6) is 0 Å². The van der Waals surface area contributed by atoms with Crippen molar-refractivity contribution in [3.63, 3.8) is 0 Å². The molecule has 1 aromatic carbocycles. The second kappa shape index (κ2) is 9.02. The molecule has 1 aliphatic carbocycles. The first-order valence-electron chi connectivity index (χ1n) is 11.2. The van der Waals surface area contributed by atoms with Gasteiger partial charge in [0.2, 0.25) is 11.8 Å². The molecule has 2 aliphatic heterocycles. The number of hydrogen-bond acceptors (Lipinski definition) is 4. The number of nitrogens with one attached hydrogen (secondary N) is 1. The number of aryl methyl sites for hydroxylation is 1. The predicted octanol–water partition coefficient (Wildman–Crippen LogP) is 2.64. The number of nitrogens with zero attached hydrogens (tertiary/aromatic N) is 2. The molecule has 0 bridgehead atoms. The summed E-state index contributed by atoms with van der Waals surface area (Å²) in [6, 6.07) is 4.83. The fraction of sp³-hybridized carbons (Fsp3) is 0.652. The number of carbonyl (C=O) groups is 2. The van der Waals surface area contributed by atoms with E-state index in [0.29, 0.717) is 6.54 Å². The first-order chi connectivity index (χ1) is 14.5. The number of ether oxygens (including phenoxy) is 1. The van der Waals surface area contributed by atoms with Gasteiger partial charge in [-0.05, 0) is 37.5 Å². The van der Waals surface area contributed by atoms with E-state index in [1.807, 2.05) is 6.92 Å². The van der Waals surface area contributed by atoms with Gasteiger partial charge in [0.05, 0.1) is 24.8 Å². The number of anilines is 1. The van der Waals surface area contributed by atoms with E-state index in [4.69, 9.17) is 4.74 Å². The molecule has 1 aromatic rings. The largest absolute Gasteiger partial charge is 0.379 e. The summed E-state index contributed by atoms with van der Waals surface area (Å²) in [7, 11) is 0. The minimum atomic E-state index is -0.441. The lowest BCUT2D eigenvalue weighted by Gasteiger charge is -2.48. The number of morpholine rings is 1. The Morgan fingerprint density at radius 2 is 1.97 bits per heavy atom. The van der Waals surface area contributed by atoms with Crippen LogP contribution < -0.4 is 10.2 Å². The molecular weight excluding hydrogens is 385 g/mol. The number of hydrogen-bond donors (Lipinski definition) is 1. The Balaban J connectivity index is 1.40. The van der Waals surface area contributed by atoms with Gasteiger partial charge in [0, 0.05) is 38.1 Å². The third-order valence-corrected chi connectivity index (χ3v) is 6.95. The van der Waals surface area contributed by atoms with Gasteiger partial charge in [-0.1, -0.05) is 25.3 Å². The molecule has 4 rings (SSSR count). The molecule has 30 heavy (non-hydrogen) atoms. The number of halogens is 1. The van der Waals surface area contributed by atoms with Crippen LogP contribution in [-0.2, 0) is 14.3 Å². The second-order valence-electron chi connectivity index (χ2n) is 8.96. The van der Waals surface area contributed by atoms with E-state index in [2.05, 4.69) is 10.2 Å². The molecule has 1 N–H and O–H groups in total. The molecule has 3 aliphatic rings. The minimum Gasteiger partial charge on any atom is -0.379 e. The van der Waals surface area contributed by atoms with E-state index >= 15 is 0 Å². The van der Waals surface area contributed by atoms with Crippen LogP contribution in [0.25, 0.3) is 0 Å². The van der Waals surface area contributed by atoms with E-state index in [1.54, 1.807) is 12.1 Å². The van der Waals surface area contributed by atoms with Crippen LogP contribution in [0.1, 0.15) is 44.1 Å². The molecule has 164 valence electrons. The molecule has 2 amide bonds. The highest BCUT2D eigenvalue weighted by molar-refractivity contribution is 6.00. The molecule has 1 saturated carbocycles. The highest BCUT2D eigenvalue weighted by atomic mass is 19.1. The Kier molecular flexibility index (Phi) is 6.39. The number of amides is 2. The van der Waals surface area contributed by atoms with Crippen molar-refractivity contribution in [3.05, 3.63) is 29.6 Å². The summed E-state index contributed by atoms with van der Waals surface area (Å²) in [6.45, 7) is 5.93. The van der Waals surface area contributed by atoms with Gasteiger partial charge in [-0.2, -0.15) is 0 Å². The Bertz CT molecular complexity index is 788. The summed E-state index contributed by atoms with van der Waals surface area (Å²) < 4.78 is 19.9. The quantitative estimate of drug-likeness (QED) is 0.800. The summed E-state index contributed by atoms with van der Waals surface area (Å²) in [5.41, 5.74) is 1.05. The molecule has 0 spiro atoms. The lowest BCUT2D eigenvalue weighted by atomic mass is 9.79. The zero-order valence-electron chi connectivity index (χ0n) is 17.8. The smallest absolute Gasteiger partial charge is 0.227 e. The second-order valence-corrected chi connectivity index (χ2v) is 8.96. The summed E-state index contributed by atoms with van der Waals surface area (Å²) in [6.07, 6.45) is 5.89. The lowest BCUT2D eigenvalue weighted by molar-refractivity contribution is -0.127. The first-order valence-corrected chi connectivity index (χ1v) is 11.2. The van der Waals surface area contributed by atoms with Crippen LogP contribution in [0.2, 0.25) is 0 Å². The maximum Gasteiger partial charge on any atom is 0.227 e. The van der Waals surface area contributed by atoms with Crippen LogP contribution in [0, 0.1) is 18.7 Å². The number of benzene rings is 1. The molecule has 0 radical (unpaired) electrons. The Morgan fingerprint density at radius 1 is 1.23 bits per heavy atom. The van der Waals surface area contributed by atoms with Crippen molar-refractivity contribution in [1.29, 1.82) is 0 Å². The van der Waals surface area contributed by atoms with Crippen molar-refractivity contribution >= 4 is 17.5 Å². The lowest BCUT2D eigenvalue weighted by Crippen LogP contribution is -2.60. The van der Waals surface area contributed by atoms with Gasteiger partial charge in [-0.25, -0.2) is 4.39 Å². The normalized spacial score (nSPS) is 24.8. The van der Waals surface area contributed by atoms with Crippen LogP contribution >= 0.6 is 0 Å². The van der Waals surface area contributed by atoms with Crippen molar-refractivity contribution in [2.75, 3.05) is 44.3 Å². The van der Waals surface area contributed by atoms with Crippen LogP contribution in [0.3, 0.4) is 0 Å². The molecule has 6 nitrogen and oxygen atoms in total. The fourth-order valence-electron chi connectivity index (χ4n) is 5.20. The summed E-state index contributed by atoms with van der Waals surface area (Å²) in [5, 5.41) is 3.15. The molecule has 1 unspecified atom stereocenters. The monoisotopic (exact) mass is 417 g/mol. The van der Waals surface area contributed by atoms with Crippen molar-refractivity contribution in [3.8, 4) is 0 Å². The zero-order chi connectivity index (χ0) is 21.1. The van der Waals surface area contributed by atoms with Crippen molar-refractivity contribution in [1.82, 2.24) is 10.2 Å². The number of rotatable bonds is 5. The summed E-state index contributed by atoms with van der Waals surface area (Å²) in [4.78, 5) is 29.4. The first kappa shape index (κ1) is 21.2. The highest BCUT2D eigenvalue weighted by Gasteiger charge is 2.41. The van der Waals surface area contributed by atoms with E-state index in [9.17, 15) is 14.0 Å². The van der Waals surface area contributed by atoms with Crippen LogP contribution in [-0.4, -0.2) is 61.6 Å². The van der Waals surface area contributed by atoms with Gasteiger partial charge in [-0.15, -0.1) is 0 Å². The highest BCUT2D eigenvalue weighted by Crippen LogP contribution is 2.34. The molecular formula is C23H32FN3O3. The van der Waals surface area contributed by atoms with E-state index < -0.39 is 11.7 Å². The van der Waals surface area contributed by atoms with Gasteiger partial charge in [0.15, 0.2) is 0 Å². The molecule has 1 atom stereocenters. The molecule has 2 heterocycles.